The van der Waals surface area contributed by atoms with E-state index in [0.717, 1.165) is 5.75 Å². The lowest BCUT2D eigenvalue weighted by molar-refractivity contribution is -0.219. The van der Waals surface area contributed by atoms with Crippen molar-refractivity contribution in [1.29, 1.82) is 0 Å². The molecule has 3 heterocycles. The predicted molar refractivity (Wildman–Crippen MR) is 122 cm³/mol. The van der Waals surface area contributed by atoms with Gasteiger partial charge in [-0.05, 0) is 39.9 Å². The summed E-state index contributed by atoms with van der Waals surface area (Å²) in [6, 6.07) is 0. The summed E-state index contributed by atoms with van der Waals surface area (Å²) in [4.78, 5) is 0. The van der Waals surface area contributed by atoms with Crippen molar-refractivity contribution in [2.75, 3.05) is 12.4 Å². The highest BCUT2D eigenvalue weighted by Crippen LogP contribution is 2.45. The molecule has 0 aromatic carbocycles. The van der Waals surface area contributed by atoms with Crippen molar-refractivity contribution < 1.29 is 23.7 Å². The Labute approximate surface area is 188 Å². The molecule has 0 saturated carbocycles. The van der Waals surface area contributed by atoms with Gasteiger partial charge >= 0.3 is 0 Å². The molecule has 0 amide bonds. The van der Waals surface area contributed by atoms with E-state index in [4.69, 9.17) is 23.7 Å². The maximum Gasteiger partial charge on any atom is 0.188 e. The Bertz CT molecular complexity index is 512. The van der Waals surface area contributed by atoms with Gasteiger partial charge in [0.15, 0.2) is 17.9 Å². The monoisotopic (exact) mass is 444 g/mol. The van der Waals surface area contributed by atoms with Crippen LogP contribution in [0, 0.1) is 0 Å². The fourth-order valence-corrected chi connectivity index (χ4v) is 6.12. The third kappa shape index (κ3) is 7.08. The first-order chi connectivity index (χ1) is 14.3. The van der Waals surface area contributed by atoms with Crippen molar-refractivity contribution in [3.8, 4) is 0 Å². The van der Waals surface area contributed by atoms with Crippen LogP contribution in [-0.2, 0) is 23.7 Å². The van der Waals surface area contributed by atoms with Gasteiger partial charge in [-0.2, -0.15) is 11.8 Å². The molecule has 3 fully saturated rings. The summed E-state index contributed by atoms with van der Waals surface area (Å²) in [5.41, 5.74) is 0. The molecule has 6 heteroatoms. The van der Waals surface area contributed by atoms with Crippen molar-refractivity contribution in [1.82, 2.24) is 0 Å². The van der Waals surface area contributed by atoms with Gasteiger partial charge in [0.05, 0.1) is 11.9 Å². The number of rotatable bonds is 13. The van der Waals surface area contributed by atoms with Crippen LogP contribution in [0.1, 0.15) is 98.8 Å². The Morgan fingerprint density at radius 3 is 1.97 bits per heavy atom. The number of unbranched alkanes of at least 4 members (excludes halogenated alkanes) is 9. The smallest absolute Gasteiger partial charge is 0.188 e. The van der Waals surface area contributed by atoms with E-state index in [1.165, 1.54) is 64.2 Å². The second-order valence-electron chi connectivity index (χ2n) is 9.95. The summed E-state index contributed by atoms with van der Waals surface area (Å²) in [5.74, 6) is 0.00597. The van der Waals surface area contributed by atoms with E-state index < -0.39 is 11.6 Å². The van der Waals surface area contributed by atoms with Crippen LogP contribution in [-0.4, -0.2) is 53.8 Å². The lowest BCUT2D eigenvalue weighted by Gasteiger charge is -2.28. The summed E-state index contributed by atoms with van der Waals surface area (Å²) in [6.07, 6.45) is 13.2. The van der Waals surface area contributed by atoms with Gasteiger partial charge in [0.1, 0.15) is 18.3 Å². The van der Waals surface area contributed by atoms with Crippen LogP contribution >= 0.6 is 11.8 Å². The zero-order valence-corrected chi connectivity index (χ0v) is 20.6. The molecule has 0 unspecified atom stereocenters. The Kier molecular flexibility index (Phi) is 9.36. The fourth-order valence-electron chi connectivity index (χ4n) is 4.68. The first-order valence-corrected chi connectivity index (χ1v) is 13.3. The molecule has 176 valence electrons. The Balaban J connectivity index is 1.37. The lowest BCUT2D eigenvalue weighted by atomic mass is 10.1. The number of thioether (sulfide) groups is 1. The molecule has 0 N–H and O–H groups in total. The predicted octanol–water partition coefficient (Wildman–Crippen LogP) is 6.04. The number of hydrogen-bond donors (Lipinski definition) is 0. The van der Waals surface area contributed by atoms with Gasteiger partial charge in [0, 0.05) is 0 Å². The van der Waals surface area contributed by atoms with Crippen LogP contribution in [0.3, 0.4) is 0 Å². The van der Waals surface area contributed by atoms with Crippen molar-refractivity contribution in [3.05, 3.63) is 0 Å². The molecular formula is C24H44O5S. The van der Waals surface area contributed by atoms with Gasteiger partial charge in [0.2, 0.25) is 0 Å². The van der Waals surface area contributed by atoms with E-state index in [0.29, 0.717) is 6.61 Å². The van der Waals surface area contributed by atoms with E-state index in [-0.39, 0.29) is 29.9 Å². The molecule has 3 aliphatic heterocycles. The van der Waals surface area contributed by atoms with E-state index >= 15 is 0 Å². The molecule has 5 nitrogen and oxygen atoms in total. The second kappa shape index (κ2) is 11.3. The Morgan fingerprint density at radius 2 is 1.37 bits per heavy atom. The van der Waals surface area contributed by atoms with Crippen molar-refractivity contribution in [2.45, 2.75) is 140 Å². The Morgan fingerprint density at radius 1 is 0.733 bits per heavy atom. The SMILES string of the molecule is CCCCCCCCCCCCS[C@@H]1[C@H]2OC(C)(C)O[C@H]2O[C@@H]1[C@H]1COC(C)(C)O1. The quantitative estimate of drug-likeness (QED) is 0.323. The highest BCUT2D eigenvalue weighted by molar-refractivity contribution is 8.00. The molecule has 5 atom stereocenters. The number of fused-ring (bicyclic) bond motifs is 1. The van der Waals surface area contributed by atoms with Gasteiger partial charge in [-0.25, -0.2) is 0 Å². The second-order valence-corrected chi connectivity index (χ2v) is 11.2. The molecule has 0 aliphatic carbocycles. The van der Waals surface area contributed by atoms with E-state index in [1.807, 2.05) is 39.5 Å². The maximum atomic E-state index is 6.29. The molecule has 0 aromatic rings. The van der Waals surface area contributed by atoms with Gasteiger partial charge in [-0.3, -0.25) is 0 Å². The molecule has 0 spiro atoms. The van der Waals surface area contributed by atoms with Crippen molar-refractivity contribution in [2.24, 2.45) is 0 Å². The minimum atomic E-state index is -0.581. The third-order valence-corrected chi connectivity index (χ3v) is 7.68. The Hall–Kier alpha value is 0.150. The zero-order chi connectivity index (χ0) is 21.6. The first-order valence-electron chi connectivity index (χ1n) is 12.3. The minimum absolute atomic E-state index is 0.0366. The van der Waals surface area contributed by atoms with Crippen LogP contribution in [0.5, 0.6) is 0 Å². The van der Waals surface area contributed by atoms with Crippen molar-refractivity contribution in [3.63, 3.8) is 0 Å². The summed E-state index contributed by atoms with van der Waals surface area (Å²) in [7, 11) is 0. The molecule has 30 heavy (non-hydrogen) atoms. The van der Waals surface area contributed by atoms with Crippen LogP contribution in [0.25, 0.3) is 0 Å². The molecule has 3 rings (SSSR count). The van der Waals surface area contributed by atoms with Crippen molar-refractivity contribution >= 4 is 11.8 Å². The minimum Gasteiger partial charge on any atom is -0.348 e. The van der Waals surface area contributed by atoms with Crippen LogP contribution < -0.4 is 0 Å². The summed E-state index contributed by atoms with van der Waals surface area (Å²) in [5, 5.41) is 0.220. The highest BCUT2D eigenvalue weighted by Gasteiger charge is 2.58. The molecule has 3 aliphatic rings. The summed E-state index contributed by atoms with van der Waals surface area (Å²) >= 11 is 1.97. The molecule has 0 aromatic heterocycles. The molecular weight excluding hydrogens is 400 g/mol. The van der Waals surface area contributed by atoms with Gasteiger partial charge in [-0.1, -0.05) is 64.7 Å². The highest BCUT2D eigenvalue weighted by atomic mass is 32.2. The third-order valence-electron chi connectivity index (χ3n) is 6.23. The van der Waals surface area contributed by atoms with Crippen LogP contribution in [0.15, 0.2) is 0 Å². The average Bonchev–Trinajstić information content (AvgIpc) is 3.29. The topological polar surface area (TPSA) is 46.2 Å². The van der Waals surface area contributed by atoms with Gasteiger partial charge in [0.25, 0.3) is 0 Å². The number of hydrogen-bond acceptors (Lipinski definition) is 6. The van der Waals surface area contributed by atoms with E-state index in [9.17, 15) is 0 Å². The molecule has 3 saturated heterocycles. The van der Waals surface area contributed by atoms with Crippen LogP contribution in [0.2, 0.25) is 0 Å². The van der Waals surface area contributed by atoms with Gasteiger partial charge in [-0.15, -0.1) is 0 Å². The summed E-state index contributed by atoms with van der Waals surface area (Å²) in [6.45, 7) is 10.7. The van der Waals surface area contributed by atoms with Gasteiger partial charge < -0.3 is 23.7 Å². The average molecular weight is 445 g/mol. The normalized spacial score (nSPS) is 34.5. The number of ether oxygens (including phenoxy) is 5. The molecule has 0 radical (unpaired) electrons. The largest absolute Gasteiger partial charge is 0.348 e. The standard InChI is InChI=1S/C24H44O5S/c1-6-7-8-9-10-11-12-13-14-15-16-30-21-19(18-17-25-23(2,3)27-18)26-22-20(21)28-24(4,5)29-22/h18-22H,6-17H2,1-5H3/t18-,19-,20-,21+,22-/m1/s1. The maximum absolute atomic E-state index is 6.29. The van der Waals surface area contributed by atoms with Crippen LogP contribution in [0.4, 0.5) is 0 Å². The summed E-state index contributed by atoms with van der Waals surface area (Å²) < 4.78 is 30.4. The lowest BCUT2D eigenvalue weighted by Crippen LogP contribution is -2.41. The molecule has 0 bridgehead atoms. The first kappa shape index (κ1) is 24.8. The van der Waals surface area contributed by atoms with E-state index in [2.05, 4.69) is 6.92 Å². The zero-order valence-electron chi connectivity index (χ0n) is 19.8. The fraction of sp³-hybridized carbons (Fsp3) is 1.00. The van der Waals surface area contributed by atoms with E-state index in [1.54, 1.807) is 0 Å².